The van der Waals surface area contributed by atoms with E-state index in [-0.39, 0.29) is 16.9 Å². The molecule has 1 amide bonds. The third-order valence-corrected chi connectivity index (χ3v) is 3.62. The maximum atomic E-state index is 11.9. The lowest BCUT2D eigenvalue weighted by Crippen LogP contribution is -2.22. The van der Waals surface area contributed by atoms with E-state index in [2.05, 4.69) is 15.5 Å². The average molecular weight is 345 g/mol. The molecular weight excluding hydrogens is 322 g/mol. The van der Waals surface area contributed by atoms with E-state index in [0.29, 0.717) is 37.5 Å². The van der Waals surface area contributed by atoms with Crippen molar-refractivity contribution in [2.75, 3.05) is 0 Å². The van der Waals surface area contributed by atoms with Crippen molar-refractivity contribution < 1.29 is 19.2 Å². The second-order valence-electron chi connectivity index (χ2n) is 6.89. The van der Waals surface area contributed by atoms with Crippen molar-refractivity contribution >= 4 is 11.9 Å². The number of rotatable bonds is 7. The predicted molar refractivity (Wildman–Crippen MR) is 91.2 cm³/mol. The summed E-state index contributed by atoms with van der Waals surface area (Å²) in [5.41, 5.74) is 0.921. The minimum absolute atomic E-state index is 0.0714. The minimum atomic E-state index is -0.966. The molecule has 0 saturated heterocycles. The number of carboxylic acid groups (broad SMARTS) is 1. The zero-order valence-corrected chi connectivity index (χ0v) is 14.7. The van der Waals surface area contributed by atoms with Crippen LogP contribution in [0.25, 0.3) is 0 Å². The van der Waals surface area contributed by atoms with Crippen LogP contribution in [0.5, 0.6) is 0 Å². The molecule has 0 unspecified atom stereocenters. The summed E-state index contributed by atoms with van der Waals surface area (Å²) >= 11 is 0. The van der Waals surface area contributed by atoms with Crippen LogP contribution in [0.1, 0.15) is 61.2 Å². The number of carbonyl (C=O) groups is 2. The number of hydrogen-bond acceptors (Lipinski definition) is 5. The van der Waals surface area contributed by atoms with Crippen LogP contribution in [-0.4, -0.2) is 27.1 Å². The largest absolute Gasteiger partial charge is 0.478 e. The van der Waals surface area contributed by atoms with E-state index < -0.39 is 5.97 Å². The molecular formula is C18H23N3O4. The highest BCUT2D eigenvalue weighted by molar-refractivity contribution is 5.87. The van der Waals surface area contributed by atoms with Gasteiger partial charge in [-0.2, -0.15) is 4.98 Å². The van der Waals surface area contributed by atoms with Gasteiger partial charge in [-0.05, 0) is 24.1 Å². The standard InChI is InChI=1S/C18H23N3O4/c1-18(2,3)17-20-15(25-21-17)6-4-5-14(22)19-11-12-7-9-13(10-8-12)16(23)24/h7-10H,4-6,11H2,1-3H3,(H,19,22)(H,23,24). The first-order chi connectivity index (χ1) is 11.8. The number of amides is 1. The van der Waals surface area contributed by atoms with Crippen LogP contribution in [0, 0.1) is 0 Å². The van der Waals surface area contributed by atoms with Crippen molar-refractivity contribution in [1.29, 1.82) is 0 Å². The van der Waals surface area contributed by atoms with Crippen molar-refractivity contribution in [2.45, 2.75) is 52.0 Å². The highest BCUT2D eigenvalue weighted by atomic mass is 16.5. The Morgan fingerprint density at radius 2 is 1.88 bits per heavy atom. The van der Waals surface area contributed by atoms with Crippen molar-refractivity contribution in [3.63, 3.8) is 0 Å². The quantitative estimate of drug-likeness (QED) is 0.799. The van der Waals surface area contributed by atoms with E-state index in [1.54, 1.807) is 12.1 Å². The molecule has 0 aliphatic heterocycles. The molecule has 0 bridgehead atoms. The van der Waals surface area contributed by atoms with E-state index in [9.17, 15) is 9.59 Å². The molecule has 7 nitrogen and oxygen atoms in total. The Balaban J connectivity index is 1.72. The second kappa shape index (κ2) is 7.92. The van der Waals surface area contributed by atoms with Gasteiger partial charge in [-0.3, -0.25) is 4.79 Å². The summed E-state index contributed by atoms with van der Waals surface area (Å²) in [4.78, 5) is 27.0. The molecule has 0 aliphatic rings. The Kier molecular flexibility index (Phi) is 5.90. The molecule has 2 rings (SSSR count). The third-order valence-electron chi connectivity index (χ3n) is 3.62. The smallest absolute Gasteiger partial charge is 0.335 e. The van der Waals surface area contributed by atoms with E-state index >= 15 is 0 Å². The van der Waals surface area contributed by atoms with Crippen LogP contribution in [0.3, 0.4) is 0 Å². The van der Waals surface area contributed by atoms with Crippen LogP contribution in [0.15, 0.2) is 28.8 Å². The van der Waals surface area contributed by atoms with Gasteiger partial charge in [0.05, 0.1) is 5.56 Å². The maximum absolute atomic E-state index is 11.9. The Labute approximate surface area is 146 Å². The highest BCUT2D eigenvalue weighted by Gasteiger charge is 2.20. The number of carboxylic acids is 1. The van der Waals surface area contributed by atoms with Gasteiger partial charge in [0.1, 0.15) is 0 Å². The van der Waals surface area contributed by atoms with Crippen molar-refractivity contribution in [2.24, 2.45) is 0 Å². The van der Waals surface area contributed by atoms with E-state index in [0.717, 1.165) is 5.56 Å². The van der Waals surface area contributed by atoms with E-state index in [4.69, 9.17) is 9.63 Å². The molecule has 0 radical (unpaired) electrons. The van der Waals surface area contributed by atoms with Gasteiger partial charge in [0.2, 0.25) is 11.8 Å². The fourth-order valence-corrected chi connectivity index (χ4v) is 2.12. The first-order valence-corrected chi connectivity index (χ1v) is 8.17. The first-order valence-electron chi connectivity index (χ1n) is 8.17. The molecule has 7 heteroatoms. The monoisotopic (exact) mass is 345 g/mol. The van der Waals surface area contributed by atoms with Crippen molar-refractivity contribution in [1.82, 2.24) is 15.5 Å². The fraction of sp³-hybridized carbons (Fsp3) is 0.444. The summed E-state index contributed by atoms with van der Waals surface area (Å²) in [5, 5.41) is 15.6. The third kappa shape index (κ3) is 5.70. The fourth-order valence-electron chi connectivity index (χ4n) is 2.12. The predicted octanol–water partition coefficient (Wildman–Crippen LogP) is 2.70. The molecule has 2 N–H and O–H groups in total. The first kappa shape index (κ1) is 18.6. The van der Waals surface area contributed by atoms with Gasteiger partial charge in [0.25, 0.3) is 0 Å². The van der Waals surface area contributed by atoms with Crippen molar-refractivity contribution in [3.8, 4) is 0 Å². The van der Waals surface area contributed by atoms with Gasteiger partial charge in [-0.1, -0.05) is 38.1 Å². The SMILES string of the molecule is CC(C)(C)c1noc(CCCC(=O)NCc2ccc(C(=O)O)cc2)n1. The second-order valence-corrected chi connectivity index (χ2v) is 6.89. The van der Waals surface area contributed by atoms with Crippen LogP contribution in [-0.2, 0) is 23.2 Å². The normalized spacial score (nSPS) is 11.3. The molecule has 134 valence electrons. The van der Waals surface area contributed by atoms with Gasteiger partial charge >= 0.3 is 5.97 Å². The molecule has 0 atom stereocenters. The minimum Gasteiger partial charge on any atom is -0.478 e. The summed E-state index contributed by atoms with van der Waals surface area (Å²) in [6.07, 6.45) is 1.54. The maximum Gasteiger partial charge on any atom is 0.335 e. The Morgan fingerprint density at radius 3 is 2.44 bits per heavy atom. The Bertz CT molecular complexity index is 730. The number of nitrogens with one attached hydrogen (secondary N) is 1. The average Bonchev–Trinajstić information content (AvgIpc) is 3.02. The van der Waals surface area contributed by atoms with Crippen LogP contribution < -0.4 is 5.32 Å². The number of benzene rings is 1. The molecule has 0 saturated carbocycles. The number of carbonyl (C=O) groups excluding carboxylic acids is 1. The lowest BCUT2D eigenvalue weighted by molar-refractivity contribution is -0.121. The van der Waals surface area contributed by atoms with Crippen LogP contribution in [0.4, 0.5) is 0 Å². The molecule has 25 heavy (non-hydrogen) atoms. The number of aryl methyl sites for hydroxylation is 1. The van der Waals surface area contributed by atoms with Gasteiger partial charge in [0, 0.05) is 24.8 Å². The lowest BCUT2D eigenvalue weighted by Gasteiger charge is -2.10. The number of nitrogens with zero attached hydrogens (tertiary/aromatic N) is 2. The van der Waals surface area contributed by atoms with Gasteiger partial charge in [-0.15, -0.1) is 0 Å². The number of aromatic carboxylic acids is 1. The molecule has 1 aromatic carbocycles. The summed E-state index contributed by atoms with van der Waals surface area (Å²) < 4.78 is 5.19. The van der Waals surface area contributed by atoms with Gasteiger partial charge in [-0.25, -0.2) is 4.79 Å². The molecule has 0 fully saturated rings. The Morgan fingerprint density at radius 1 is 1.20 bits per heavy atom. The zero-order chi connectivity index (χ0) is 18.4. The molecule has 2 aromatic rings. The number of hydrogen-bond donors (Lipinski definition) is 2. The number of aromatic nitrogens is 2. The summed E-state index contributed by atoms with van der Waals surface area (Å²) in [6, 6.07) is 6.42. The van der Waals surface area contributed by atoms with Crippen LogP contribution >= 0.6 is 0 Å². The summed E-state index contributed by atoms with van der Waals surface area (Å²) in [6.45, 7) is 6.40. The molecule has 0 spiro atoms. The van der Waals surface area contributed by atoms with Gasteiger partial charge in [0.15, 0.2) is 5.82 Å². The molecule has 0 aliphatic carbocycles. The zero-order valence-electron chi connectivity index (χ0n) is 14.7. The van der Waals surface area contributed by atoms with Crippen LogP contribution in [0.2, 0.25) is 0 Å². The van der Waals surface area contributed by atoms with E-state index in [1.807, 2.05) is 20.8 Å². The van der Waals surface area contributed by atoms with E-state index in [1.165, 1.54) is 12.1 Å². The Hall–Kier alpha value is -2.70. The molecule has 1 aromatic heterocycles. The summed E-state index contributed by atoms with van der Waals surface area (Å²) in [5.74, 6) is 0.169. The topological polar surface area (TPSA) is 105 Å². The van der Waals surface area contributed by atoms with Crippen molar-refractivity contribution in [3.05, 3.63) is 47.1 Å². The molecule has 1 heterocycles. The van der Waals surface area contributed by atoms with Gasteiger partial charge < -0.3 is 14.9 Å². The summed E-state index contributed by atoms with van der Waals surface area (Å²) in [7, 11) is 0. The highest BCUT2D eigenvalue weighted by Crippen LogP contribution is 2.18. The lowest BCUT2D eigenvalue weighted by atomic mass is 9.96.